The van der Waals surface area contributed by atoms with Gasteiger partial charge in [0.15, 0.2) is 0 Å². The molecule has 3 rings (SSSR count). The number of aromatic nitrogens is 2. The maximum absolute atomic E-state index is 12.2. The van der Waals surface area contributed by atoms with Crippen molar-refractivity contribution < 1.29 is 14.3 Å². The summed E-state index contributed by atoms with van der Waals surface area (Å²) in [4.78, 5) is 26.1. The molecule has 0 saturated carbocycles. The van der Waals surface area contributed by atoms with E-state index >= 15 is 0 Å². The van der Waals surface area contributed by atoms with Crippen LogP contribution in [0.3, 0.4) is 0 Å². The number of carbonyl (C=O) groups excluding carboxylic acids is 2. The molecule has 4 N–H and O–H groups in total. The summed E-state index contributed by atoms with van der Waals surface area (Å²) in [5.41, 5.74) is 13.5. The minimum Gasteiger partial charge on any atom is -0.494 e. The highest BCUT2D eigenvalue weighted by molar-refractivity contribution is 6.03. The number of anilines is 1. The Morgan fingerprint density at radius 1 is 1.23 bits per heavy atom. The summed E-state index contributed by atoms with van der Waals surface area (Å²) in [5, 5.41) is 4.71. The number of nitrogens with two attached hydrogens (primary N) is 2. The number of primary amides is 1. The Morgan fingerprint density at radius 2 is 1.97 bits per heavy atom. The predicted octanol–water partition coefficient (Wildman–Crippen LogP) is 3.15. The number of likely N-dealkylation sites (tertiary alicyclic amines) is 1. The van der Waals surface area contributed by atoms with Crippen molar-refractivity contribution in [2.45, 2.75) is 45.1 Å². The van der Waals surface area contributed by atoms with Gasteiger partial charge in [-0.05, 0) is 62.4 Å². The van der Waals surface area contributed by atoms with E-state index in [2.05, 4.69) is 6.58 Å². The molecule has 0 aliphatic carbocycles. The van der Waals surface area contributed by atoms with Gasteiger partial charge >= 0.3 is 0 Å². The average molecular weight is 426 g/mol. The van der Waals surface area contributed by atoms with Gasteiger partial charge < -0.3 is 21.1 Å². The number of nitrogens with zero attached hydrogens (tertiary/aromatic N) is 3. The fraction of sp³-hybridized carbons (Fsp3) is 0.435. The second-order valence-electron chi connectivity index (χ2n) is 7.76. The van der Waals surface area contributed by atoms with Crippen molar-refractivity contribution in [2.75, 3.05) is 25.4 Å². The van der Waals surface area contributed by atoms with Crippen LogP contribution in [0.4, 0.5) is 5.82 Å². The molecule has 8 heteroatoms. The third-order valence-electron chi connectivity index (χ3n) is 5.57. The van der Waals surface area contributed by atoms with Gasteiger partial charge in [0.2, 0.25) is 5.91 Å². The minimum absolute atomic E-state index is 0.0283. The standard InChI is InChI=1S/C23H31N5O3/c1-3-15-31-18-10-8-16(9-11-18)21-20(23(25)30)22(24)28(26-21)17-7-5-6-13-27(14-12-17)19(29)4-2/h4,8-11,17H,2-3,5-7,12-15,24H2,1H3,(H2,25,30)/t17-/m0/s1. The van der Waals surface area contributed by atoms with Gasteiger partial charge in [-0.25, -0.2) is 4.68 Å². The number of carbonyl (C=O) groups is 2. The van der Waals surface area contributed by atoms with Crippen molar-refractivity contribution in [1.29, 1.82) is 0 Å². The number of benzene rings is 1. The molecule has 0 spiro atoms. The van der Waals surface area contributed by atoms with E-state index in [1.54, 1.807) is 9.58 Å². The summed E-state index contributed by atoms with van der Waals surface area (Å²) in [6.45, 7) is 7.57. The van der Waals surface area contributed by atoms with Gasteiger partial charge in [-0.1, -0.05) is 13.5 Å². The molecule has 1 aromatic heterocycles. The van der Waals surface area contributed by atoms with E-state index in [-0.39, 0.29) is 23.3 Å². The Labute approximate surface area is 182 Å². The van der Waals surface area contributed by atoms with E-state index in [1.165, 1.54) is 6.08 Å². The van der Waals surface area contributed by atoms with Crippen molar-refractivity contribution in [1.82, 2.24) is 14.7 Å². The summed E-state index contributed by atoms with van der Waals surface area (Å²) in [7, 11) is 0. The van der Waals surface area contributed by atoms with Gasteiger partial charge in [0.25, 0.3) is 5.91 Å². The van der Waals surface area contributed by atoms with Crippen LogP contribution < -0.4 is 16.2 Å². The lowest BCUT2D eigenvalue weighted by Gasteiger charge is -2.28. The molecule has 1 aliphatic heterocycles. The highest BCUT2D eigenvalue weighted by Gasteiger charge is 2.27. The average Bonchev–Trinajstić information content (AvgIpc) is 3.09. The first-order valence-electron chi connectivity index (χ1n) is 10.8. The van der Waals surface area contributed by atoms with Gasteiger partial charge in [0.1, 0.15) is 22.8 Å². The summed E-state index contributed by atoms with van der Waals surface area (Å²) >= 11 is 0. The molecule has 0 radical (unpaired) electrons. The first-order chi connectivity index (χ1) is 15.0. The molecular weight excluding hydrogens is 394 g/mol. The van der Waals surface area contributed by atoms with Crippen molar-refractivity contribution in [3.05, 3.63) is 42.5 Å². The molecule has 0 bridgehead atoms. The highest BCUT2D eigenvalue weighted by Crippen LogP contribution is 2.33. The molecule has 1 aromatic carbocycles. The van der Waals surface area contributed by atoms with E-state index in [1.807, 2.05) is 31.2 Å². The quantitative estimate of drug-likeness (QED) is 0.661. The third kappa shape index (κ3) is 5.07. The van der Waals surface area contributed by atoms with Crippen LogP contribution in [0.5, 0.6) is 5.75 Å². The smallest absolute Gasteiger partial charge is 0.254 e. The fourth-order valence-electron chi connectivity index (χ4n) is 3.94. The molecule has 1 fully saturated rings. The molecule has 2 aromatic rings. The number of ether oxygens (including phenoxy) is 1. The van der Waals surface area contributed by atoms with E-state index in [0.29, 0.717) is 25.3 Å². The first-order valence-corrected chi connectivity index (χ1v) is 10.8. The topological polar surface area (TPSA) is 116 Å². The van der Waals surface area contributed by atoms with Crippen LogP contribution in [-0.4, -0.2) is 46.2 Å². The van der Waals surface area contributed by atoms with E-state index in [4.69, 9.17) is 21.3 Å². The van der Waals surface area contributed by atoms with Crippen LogP contribution in [-0.2, 0) is 4.79 Å². The molecule has 2 heterocycles. The maximum atomic E-state index is 12.2. The summed E-state index contributed by atoms with van der Waals surface area (Å²) in [6.07, 6.45) is 5.64. The molecule has 1 saturated heterocycles. The molecule has 166 valence electrons. The Hall–Kier alpha value is -3.29. The van der Waals surface area contributed by atoms with E-state index in [9.17, 15) is 9.59 Å². The van der Waals surface area contributed by atoms with Crippen molar-refractivity contribution in [3.8, 4) is 17.0 Å². The first kappa shape index (κ1) is 22.4. The zero-order chi connectivity index (χ0) is 22.4. The number of hydrogen-bond acceptors (Lipinski definition) is 5. The van der Waals surface area contributed by atoms with E-state index in [0.717, 1.165) is 43.5 Å². The lowest BCUT2D eigenvalue weighted by molar-refractivity contribution is -0.126. The van der Waals surface area contributed by atoms with Gasteiger partial charge in [-0.15, -0.1) is 0 Å². The second kappa shape index (κ2) is 10.1. The Bertz CT molecular complexity index is 935. The Balaban J connectivity index is 1.90. The minimum atomic E-state index is -0.612. The number of nitrogen functional groups attached to an aromatic ring is 1. The molecule has 1 atom stereocenters. The zero-order valence-corrected chi connectivity index (χ0v) is 18.0. The molecular formula is C23H31N5O3. The Morgan fingerprint density at radius 3 is 2.61 bits per heavy atom. The summed E-state index contributed by atoms with van der Waals surface area (Å²) in [5.74, 6) is 0.337. The van der Waals surface area contributed by atoms with Gasteiger partial charge in [-0.2, -0.15) is 5.10 Å². The zero-order valence-electron chi connectivity index (χ0n) is 18.0. The van der Waals surface area contributed by atoms with Gasteiger partial charge in [0.05, 0.1) is 12.6 Å². The second-order valence-corrected chi connectivity index (χ2v) is 7.76. The molecule has 1 aliphatic rings. The molecule has 8 nitrogen and oxygen atoms in total. The number of rotatable bonds is 7. The van der Waals surface area contributed by atoms with Crippen molar-refractivity contribution in [3.63, 3.8) is 0 Å². The van der Waals surface area contributed by atoms with Crippen LogP contribution in [0, 0.1) is 0 Å². The van der Waals surface area contributed by atoms with Crippen molar-refractivity contribution in [2.24, 2.45) is 5.73 Å². The summed E-state index contributed by atoms with van der Waals surface area (Å²) < 4.78 is 7.34. The maximum Gasteiger partial charge on any atom is 0.254 e. The van der Waals surface area contributed by atoms with Crippen LogP contribution >= 0.6 is 0 Å². The molecule has 2 amide bonds. The monoisotopic (exact) mass is 425 g/mol. The lowest BCUT2D eigenvalue weighted by Crippen LogP contribution is -2.34. The van der Waals surface area contributed by atoms with Crippen LogP contribution in [0.2, 0.25) is 0 Å². The predicted molar refractivity (Wildman–Crippen MR) is 121 cm³/mol. The lowest BCUT2D eigenvalue weighted by atomic mass is 10.0. The molecule has 0 unspecified atom stereocenters. The van der Waals surface area contributed by atoms with Crippen molar-refractivity contribution >= 4 is 17.6 Å². The number of amides is 2. The normalized spacial score (nSPS) is 16.9. The highest BCUT2D eigenvalue weighted by atomic mass is 16.5. The molecule has 31 heavy (non-hydrogen) atoms. The van der Waals surface area contributed by atoms with Gasteiger partial charge in [0, 0.05) is 18.7 Å². The largest absolute Gasteiger partial charge is 0.494 e. The fourth-order valence-corrected chi connectivity index (χ4v) is 3.94. The van der Waals surface area contributed by atoms with E-state index < -0.39 is 5.91 Å². The van der Waals surface area contributed by atoms with Crippen LogP contribution in [0.25, 0.3) is 11.3 Å². The summed E-state index contributed by atoms with van der Waals surface area (Å²) in [6, 6.07) is 7.37. The SMILES string of the molecule is C=CC(=O)N1CCCC[C@H](n2nc(-c3ccc(OCCC)cc3)c(C(N)=O)c2N)CC1. The van der Waals surface area contributed by atoms with Crippen LogP contribution in [0.15, 0.2) is 36.9 Å². The number of hydrogen-bond donors (Lipinski definition) is 2. The van der Waals surface area contributed by atoms with Gasteiger partial charge in [-0.3, -0.25) is 9.59 Å². The van der Waals surface area contributed by atoms with Crippen LogP contribution in [0.1, 0.15) is 55.4 Å². The Kier molecular flexibility index (Phi) is 7.33. The third-order valence-corrected chi connectivity index (χ3v) is 5.57.